The Morgan fingerprint density at radius 3 is 2.94 bits per heavy atom. The average Bonchev–Trinajstić information content (AvgIpc) is 2.79. The molecule has 17 heavy (non-hydrogen) atoms. The quantitative estimate of drug-likeness (QED) is 0.853. The summed E-state index contributed by atoms with van der Waals surface area (Å²) in [6, 6.07) is 4.98. The number of aryl methyl sites for hydroxylation is 2. The molecule has 0 aliphatic heterocycles. The SMILES string of the molecule is Cc1cc(-c2cnc(CCCO)[nH]2)ccc1F. The fourth-order valence-electron chi connectivity index (χ4n) is 1.69. The second-order valence-electron chi connectivity index (χ2n) is 4.03. The number of nitrogens with zero attached hydrogens (tertiary/aromatic N) is 1. The molecule has 0 radical (unpaired) electrons. The molecule has 4 heteroatoms. The van der Waals surface area contributed by atoms with E-state index in [-0.39, 0.29) is 12.4 Å². The first kappa shape index (κ1) is 11.8. The predicted molar refractivity (Wildman–Crippen MR) is 64.1 cm³/mol. The van der Waals surface area contributed by atoms with E-state index in [9.17, 15) is 4.39 Å². The molecule has 90 valence electrons. The van der Waals surface area contributed by atoms with Crippen molar-refractivity contribution in [2.45, 2.75) is 19.8 Å². The first-order valence-electron chi connectivity index (χ1n) is 5.62. The van der Waals surface area contributed by atoms with Gasteiger partial charge in [0.2, 0.25) is 0 Å². The zero-order valence-electron chi connectivity index (χ0n) is 9.70. The maximum atomic E-state index is 13.1. The zero-order valence-corrected chi connectivity index (χ0v) is 9.70. The van der Waals surface area contributed by atoms with E-state index < -0.39 is 0 Å². The number of aliphatic hydroxyl groups is 1. The first-order chi connectivity index (χ1) is 8.20. The third kappa shape index (κ3) is 2.71. The average molecular weight is 234 g/mol. The normalized spacial score (nSPS) is 10.8. The lowest BCUT2D eigenvalue weighted by Gasteiger charge is -2.00. The van der Waals surface area contributed by atoms with Gasteiger partial charge >= 0.3 is 0 Å². The van der Waals surface area contributed by atoms with Crippen molar-refractivity contribution in [1.29, 1.82) is 0 Å². The van der Waals surface area contributed by atoms with Gasteiger partial charge in [-0.1, -0.05) is 0 Å². The molecule has 0 bridgehead atoms. The van der Waals surface area contributed by atoms with E-state index in [0.29, 0.717) is 12.0 Å². The summed E-state index contributed by atoms with van der Waals surface area (Å²) < 4.78 is 13.1. The second kappa shape index (κ2) is 5.10. The van der Waals surface area contributed by atoms with Crippen molar-refractivity contribution in [1.82, 2.24) is 9.97 Å². The van der Waals surface area contributed by atoms with Crippen LogP contribution in [0.2, 0.25) is 0 Å². The highest BCUT2D eigenvalue weighted by Crippen LogP contribution is 2.20. The summed E-state index contributed by atoms with van der Waals surface area (Å²) in [6.07, 6.45) is 3.14. The molecule has 0 saturated carbocycles. The summed E-state index contributed by atoms with van der Waals surface area (Å²) in [5.41, 5.74) is 2.42. The lowest BCUT2D eigenvalue weighted by molar-refractivity contribution is 0.287. The molecule has 1 aromatic carbocycles. The zero-order chi connectivity index (χ0) is 12.3. The van der Waals surface area contributed by atoms with E-state index in [1.165, 1.54) is 6.07 Å². The van der Waals surface area contributed by atoms with Crippen molar-refractivity contribution in [3.05, 3.63) is 41.6 Å². The summed E-state index contributed by atoms with van der Waals surface area (Å²) in [7, 11) is 0. The van der Waals surface area contributed by atoms with Crippen LogP contribution in [-0.4, -0.2) is 21.7 Å². The van der Waals surface area contributed by atoms with Crippen LogP contribution in [0.1, 0.15) is 17.8 Å². The second-order valence-corrected chi connectivity index (χ2v) is 4.03. The van der Waals surface area contributed by atoms with Gasteiger partial charge in [-0.3, -0.25) is 0 Å². The molecule has 0 aliphatic carbocycles. The molecule has 1 aromatic heterocycles. The maximum absolute atomic E-state index is 13.1. The Bertz CT molecular complexity index is 508. The van der Waals surface area contributed by atoms with Gasteiger partial charge in [0.15, 0.2) is 0 Å². The number of aliphatic hydroxyl groups excluding tert-OH is 1. The molecule has 0 spiro atoms. The van der Waals surface area contributed by atoms with Crippen LogP contribution >= 0.6 is 0 Å². The van der Waals surface area contributed by atoms with E-state index in [0.717, 1.165) is 23.5 Å². The number of hydrogen-bond donors (Lipinski definition) is 2. The van der Waals surface area contributed by atoms with Crippen LogP contribution in [0.15, 0.2) is 24.4 Å². The summed E-state index contributed by atoms with van der Waals surface area (Å²) in [4.78, 5) is 7.39. The number of hydrogen-bond acceptors (Lipinski definition) is 2. The Hall–Kier alpha value is -1.68. The summed E-state index contributed by atoms with van der Waals surface area (Å²) in [5, 5.41) is 8.73. The fraction of sp³-hybridized carbons (Fsp3) is 0.308. The van der Waals surface area contributed by atoms with Crippen LogP contribution in [0.3, 0.4) is 0 Å². The van der Waals surface area contributed by atoms with Gasteiger partial charge in [0, 0.05) is 18.6 Å². The number of halogens is 1. The van der Waals surface area contributed by atoms with Crippen LogP contribution in [0.4, 0.5) is 4.39 Å². The Balaban J connectivity index is 2.21. The Kier molecular flexibility index (Phi) is 3.54. The molecule has 0 saturated heterocycles. The van der Waals surface area contributed by atoms with E-state index >= 15 is 0 Å². The Morgan fingerprint density at radius 2 is 2.24 bits per heavy atom. The summed E-state index contributed by atoms with van der Waals surface area (Å²) in [5.74, 6) is 0.643. The van der Waals surface area contributed by atoms with Crippen LogP contribution in [0.5, 0.6) is 0 Å². The Labute approximate surface area is 99.3 Å². The van der Waals surface area contributed by atoms with Crippen molar-refractivity contribution in [2.24, 2.45) is 0 Å². The molecule has 1 heterocycles. The van der Waals surface area contributed by atoms with Crippen molar-refractivity contribution >= 4 is 0 Å². The van der Waals surface area contributed by atoms with Gasteiger partial charge in [-0.05, 0) is 37.1 Å². The number of aromatic nitrogens is 2. The van der Waals surface area contributed by atoms with Gasteiger partial charge in [0.1, 0.15) is 11.6 Å². The lowest BCUT2D eigenvalue weighted by Crippen LogP contribution is -1.91. The van der Waals surface area contributed by atoms with Gasteiger partial charge in [0.25, 0.3) is 0 Å². The number of aromatic amines is 1. The highest BCUT2D eigenvalue weighted by atomic mass is 19.1. The maximum Gasteiger partial charge on any atom is 0.126 e. The van der Waals surface area contributed by atoms with Gasteiger partial charge < -0.3 is 10.1 Å². The molecule has 2 aromatic rings. The molecule has 0 unspecified atom stereocenters. The fourth-order valence-corrected chi connectivity index (χ4v) is 1.69. The third-order valence-electron chi connectivity index (χ3n) is 2.67. The molecule has 0 aliphatic rings. The van der Waals surface area contributed by atoms with E-state index in [2.05, 4.69) is 9.97 Å². The third-order valence-corrected chi connectivity index (χ3v) is 2.67. The number of imidazole rings is 1. The largest absolute Gasteiger partial charge is 0.396 e. The number of rotatable bonds is 4. The Morgan fingerprint density at radius 1 is 1.41 bits per heavy atom. The van der Waals surface area contributed by atoms with Crippen LogP contribution < -0.4 is 0 Å². The minimum Gasteiger partial charge on any atom is -0.396 e. The van der Waals surface area contributed by atoms with Gasteiger partial charge in [0.05, 0.1) is 11.9 Å². The minimum atomic E-state index is -0.200. The molecular weight excluding hydrogens is 219 g/mol. The van der Waals surface area contributed by atoms with E-state index in [1.807, 2.05) is 0 Å². The topological polar surface area (TPSA) is 48.9 Å². The van der Waals surface area contributed by atoms with Gasteiger partial charge in [-0.25, -0.2) is 9.37 Å². The van der Waals surface area contributed by atoms with Crippen LogP contribution in [-0.2, 0) is 6.42 Å². The molecule has 3 nitrogen and oxygen atoms in total. The first-order valence-corrected chi connectivity index (χ1v) is 5.62. The highest BCUT2D eigenvalue weighted by molar-refractivity contribution is 5.59. The monoisotopic (exact) mass is 234 g/mol. The van der Waals surface area contributed by atoms with E-state index in [1.54, 1.807) is 25.3 Å². The highest BCUT2D eigenvalue weighted by Gasteiger charge is 2.05. The van der Waals surface area contributed by atoms with Crippen molar-refractivity contribution < 1.29 is 9.50 Å². The van der Waals surface area contributed by atoms with Crippen molar-refractivity contribution in [3.8, 4) is 11.3 Å². The molecule has 2 rings (SSSR count). The van der Waals surface area contributed by atoms with Gasteiger partial charge in [-0.15, -0.1) is 0 Å². The van der Waals surface area contributed by atoms with Crippen molar-refractivity contribution in [2.75, 3.05) is 6.61 Å². The molecular formula is C13H15FN2O. The van der Waals surface area contributed by atoms with Crippen molar-refractivity contribution in [3.63, 3.8) is 0 Å². The summed E-state index contributed by atoms with van der Waals surface area (Å²) >= 11 is 0. The number of benzene rings is 1. The minimum absolute atomic E-state index is 0.158. The summed E-state index contributed by atoms with van der Waals surface area (Å²) in [6.45, 7) is 1.90. The van der Waals surface area contributed by atoms with E-state index in [4.69, 9.17) is 5.11 Å². The van der Waals surface area contributed by atoms with Crippen LogP contribution in [0, 0.1) is 12.7 Å². The van der Waals surface area contributed by atoms with Gasteiger partial charge in [-0.2, -0.15) is 0 Å². The molecule has 2 N–H and O–H groups in total. The molecule has 0 fully saturated rings. The smallest absolute Gasteiger partial charge is 0.126 e. The number of nitrogens with one attached hydrogen (secondary N) is 1. The number of H-pyrrole nitrogens is 1. The predicted octanol–water partition coefficient (Wildman–Crippen LogP) is 2.45. The molecule has 0 amide bonds. The standard InChI is InChI=1S/C13H15FN2O/c1-9-7-10(4-5-11(9)14)12-8-15-13(16-12)3-2-6-17/h4-5,7-8,17H,2-3,6H2,1H3,(H,15,16). The van der Waals surface area contributed by atoms with Crippen LogP contribution in [0.25, 0.3) is 11.3 Å². The lowest BCUT2D eigenvalue weighted by atomic mass is 10.1. The molecule has 0 atom stereocenters.